The number of hydrogen-bond donors (Lipinski definition) is 2. The molecule has 2 N–H and O–H groups in total. The van der Waals surface area contributed by atoms with Gasteiger partial charge in [-0.25, -0.2) is 0 Å². The van der Waals surface area contributed by atoms with Crippen molar-refractivity contribution in [3.05, 3.63) is 0 Å². The van der Waals surface area contributed by atoms with Crippen LogP contribution in [-0.4, -0.2) is 36.7 Å². The van der Waals surface area contributed by atoms with Crippen molar-refractivity contribution in [2.75, 3.05) is 6.54 Å². The fourth-order valence-corrected chi connectivity index (χ4v) is 2.67. The Morgan fingerprint density at radius 1 is 1.35 bits per heavy atom. The number of ether oxygens (including phenoxy) is 1. The van der Waals surface area contributed by atoms with E-state index in [1.807, 2.05) is 6.92 Å². The van der Waals surface area contributed by atoms with E-state index in [-0.39, 0.29) is 18.1 Å². The second-order valence-electron chi connectivity index (χ2n) is 6.45. The lowest BCUT2D eigenvalue weighted by Gasteiger charge is -2.36. The van der Waals surface area contributed by atoms with Crippen molar-refractivity contribution in [1.82, 2.24) is 10.6 Å². The van der Waals surface area contributed by atoms with Crippen LogP contribution in [-0.2, 0) is 9.53 Å². The van der Waals surface area contributed by atoms with Gasteiger partial charge in [0.15, 0.2) is 0 Å². The Bertz CT molecular complexity index is 294. The van der Waals surface area contributed by atoms with E-state index in [2.05, 4.69) is 38.3 Å². The first-order valence-electron chi connectivity index (χ1n) is 8.13. The average Bonchev–Trinajstić information content (AvgIpc) is 2.40. The first kappa shape index (κ1) is 17.4. The SMILES string of the molecule is CCC1NC(C)CCC1OC(C)C(=O)NCCC(C)C. The van der Waals surface area contributed by atoms with Crippen LogP contribution in [0.3, 0.4) is 0 Å². The maximum absolute atomic E-state index is 12.0. The molecule has 118 valence electrons. The third kappa shape index (κ3) is 5.80. The summed E-state index contributed by atoms with van der Waals surface area (Å²) in [7, 11) is 0. The number of carbonyl (C=O) groups is 1. The molecular weight excluding hydrogens is 252 g/mol. The Hall–Kier alpha value is -0.610. The van der Waals surface area contributed by atoms with E-state index >= 15 is 0 Å². The number of hydrogen-bond acceptors (Lipinski definition) is 3. The summed E-state index contributed by atoms with van der Waals surface area (Å²) in [6, 6.07) is 0.916. The van der Waals surface area contributed by atoms with Gasteiger partial charge in [0.05, 0.1) is 6.10 Å². The Labute approximate surface area is 124 Å². The Morgan fingerprint density at radius 2 is 2.05 bits per heavy atom. The summed E-state index contributed by atoms with van der Waals surface area (Å²) in [6.07, 6.45) is 3.99. The van der Waals surface area contributed by atoms with E-state index < -0.39 is 0 Å². The van der Waals surface area contributed by atoms with Crippen molar-refractivity contribution >= 4 is 5.91 Å². The first-order valence-corrected chi connectivity index (χ1v) is 8.13. The van der Waals surface area contributed by atoms with Crippen LogP contribution in [0.2, 0.25) is 0 Å². The van der Waals surface area contributed by atoms with Crippen LogP contribution in [0.25, 0.3) is 0 Å². The van der Waals surface area contributed by atoms with Crippen molar-refractivity contribution in [1.29, 1.82) is 0 Å². The predicted molar refractivity (Wildman–Crippen MR) is 82.7 cm³/mol. The zero-order chi connectivity index (χ0) is 15.1. The Morgan fingerprint density at radius 3 is 2.65 bits per heavy atom. The average molecular weight is 284 g/mol. The molecule has 1 saturated heterocycles. The topological polar surface area (TPSA) is 50.4 Å². The van der Waals surface area contributed by atoms with Gasteiger partial charge in [-0.2, -0.15) is 0 Å². The van der Waals surface area contributed by atoms with Gasteiger partial charge < -0.3 is 15.4 Å². The Balaban J connectivity index is 2.36. The predicted octanol–water partition coefficient (Wildman–Crippen LogP) is 2.47. The van der Waals surface area contributed by atoms with Crippen LogP contribution < -0.4 is 10.6 Å². The highest BCUT2D eigenvalue weighted by Crippen LogP contribution is 2.20. The summed E-state index contributed by atoms with van der Waals surface area (Å²) in [5.74, 6) is 0.624. The molecule has 0 aromatic rings. The van der Waals surface area contributed by atoms with E-state index in [1.165, 1.54) is 0 Å². The quantitative estimate of drug-likeness (QED) is 0.755. The molecule has 1 rings (SSSR count). The first-order chi connectivity index (χ1) is 9.43. The van der Waals surface area contributed by atoms with Crippen molar-refractivity contribution in [2.24, 2.45) is 5.92 Å². The molecule has 1 amide bonds. The second-order valence-corrected chi connectivity index (χ2v) is 6.45. The number of piperidine rings is 1. The molecule has 1 fully saturated rings. The lowest BCUT2D eigenvalue weighted by molar-refractivity contribution is -0.138. The van der Waals surface area contributed by atoms with Gasteiger partial charge in [-0.15, -0.1) is 0 Å². The van der Waals surface area contributed by atoms with Crippen LogP contribution in [0.15, 0.2) is 0 Å². The van der Waals surface area contributed by atoms with E-state index in [9.17, 15) is 4.79 Å². The van der Waals surface area contributed by atoms with Gasteiger partial charge in [0.2, 0.25) is 5.91 Å². The van der Waals surface area contributed by atoms with Crippen LogP contribution in [0.1, 0.15) is 60.3 Å². The standard InChI is InChI=1S/C16H32N2O2/c1-6-14-15(8-7-12(4)18-14)20-13(5)16(19)17-10-9-11(2)3/h11-15,18H,6-10H2,1-5H3,(H,17,19). The highest BCUT2D eigenvalue weighted by Gasteiger charge is 2.30. The van der Waals surface area contributed by atoms with E-state index in [4.69, 9.17) is 4.74 Å². The highest BCUT2D eigenvalue weighted by molar-refractivity contribution is 5.80. The highest BCUT2D eigenvalue weighted by atomic mass is 16.5. The van der Waals surface area contributed by atoms with E-state index in [1.54, 1.807) is 0 Å². The summed E-state index contributed by atoms with van der Waals surface area (Å²) in [4.78, 5) is 12.0. The maximum Gasteiger partial charge on any atom is 0.248 e. The zero-order valence-electron chi connectivity index (χ0n) is 13.7. The molecule has 0 saturated carbocycles. The number of nitrogens with one attached hydrogen (secondary N) is 2. The molecule has 0 aromatic heterocycles. The van der Waals surface area contributed by atoms with Gasteiger partial charge in [0.1, 0.15) is 6.10 Å². The van der Waals surface area contributed by atoms with E-state index in [0.29, 0.717) is 18.0 Å². The summed E-state index contributed by atoms with van der Waals surface area (Å²) >= 11 is 0. The summed E-state index contributed by atoms with van der Waals surface area (Å²) in [5.41, 5.74) is 0. The molecular formula is C16H32N2O2. The van der Waals surface area contributed by atoms with Gasteiger partial charge >= 0.3 is 0 Å². The van der Waals surface area contributed by atoms with Crippen LogP contribution in [0.4, 0.5) is 0 Å². The van der Waals surface area contributed by atoms with Crippen molar-refractivity contribution in [2.45, 2.75) is 84.6 Å². The molecule has 0 spiro atoms. The largest absolute Gasteiger partial charge is 0.364 e. The lowest BCUT2D eigenvalue weighted by Crippen LogP contribution is -2.52. The number of carbonyl (C=O) groups excluding carboxylic acids is 1. The molecule has 1 aliphatic heterocycles. The van der Waals surface area contributed by atoms with Crippen molar-refractivity contribution in [3.8, 4) is 0 Å². The minimum Gasteiger partial charge on any atom is -0.364 e. The van der Waals surface area contributed by atoms with Crippen LogP contribution in [0, 0.1) is 5.92 Å². The Kier molecular flexibility index (Phi) is 7.52. The van der Waals surface area contributed by atoms with Crippen LogP contribution >= 0.6 is 0 Å². The fraction of sp³-hybridized carbons (Fsp3) is 0.938. The van der Waals surface area contributed by atoms with Crippen molar-refractivity contribution < 1.29 is 9.53 Å². The minimum atomic E-state index is -0.364. The molecule has 4 atom stereocenters. The smallest absolute Gasteiger partial charge is 0.248 e. The fourth-order valence-electron chi connectivity index (χ4n) is 2.67. The van der Waals surface area contributed by atoms with Gasteiger partial charge in [0, 0.05) is 18.6 Å². The summed E-state index contributed by atoms with van der Waals surface area (Å²) in [6.45, 7) is 11.3. The number of amides is 1. The van der Waals surface area contributed by atoms with Crippen LogP contribution in [0.5, 0.6) is 0 Å². The van der Waals surface area contributed by atoms with Gasteiger partial charge in [-0.1, -0.05) is 20.8 Å². The molecule has 0 radical (unpaired) electrons. The molecule has 4 unspecified atom stereocenters. The zero-order valence-corrected chi connectivity index (χ0v) is 13.7. The molecule has 0 bridgehead atoms. The van der Waals surface area contributed by atoms with Gasteiger partial charge in [-0.05, 0) is 45.4 Å². The third-order valence-corrected chi connectivity index (χ3v) is 4.04. The minimum absolute atomic E-state index is 0.0131. The lowest BCUT2D eigenvalue weighted by atomic mass is 9.94. The third-order valence-electron chi connectivity index (χ3n) is 4.04. The summed E-state index contributed by atoms with van der Waals surface area (Å²) < 4.78 is 5.99. The van der Waals surface area contributed by atoms with Gasteiger partial charge in [0.25, 0.3) is 0 Å². The normalized spacial score (nSPS) is 28.4. The second kappa shape index (κ2) is 8.63. The molecule has 4 heteroatoms. The number of rotatable bonds is 7. The summed E-state index contributed by atoms with van der Waals surface area (Å²) in [5, 5.41) is 6.52. The molecule has 0 aliphatic carbocycles. The monoisotopic (exact) mass is 284 g/mol. The molecule has 0 aromatic carbocycles. The maximum atomic E-state index is 12.0. The van der Waals surface area contributed by atoms with Crippen molar-refractivity contribution in [3.63, 3.8) is 0 Å². The molecule has 1 heterocycles. The van der Waals surface area contributed by atoms with E-state index in [0.717, 1.165) is 32.2 Å². The molecule has 4 nitrogen and oxygen atoms in total. The molecule has 1 aliphatic rings. The van der Waals surface area contributed by atoms with Gasteiger partial charge in [-0.3, -0.25) is 4.79 Å². The molecule has 20 heavy (non-hydrogen) atoms.